The van der Waals surface area contributed by atoms with Crippen molar-refractivity contribution < 1.29 is 4.79 Å². The molecule has 1 aromatic heterocycles. The third-order valence-electron chi connectivity index (χ3n) is 3.23. The predicted octanol–water partition coefficient (Wildman–Crippen LogP) is 1.55. The van der Waals surface area contributed by atoms with Gasteiger partial charge in [0, 0.05) is 19.0 Å². The first-order valence-electron chi connectivity index (χ1n) is 5.83. The third-order valence-corrected chi connectivity index (χ3v) is 3.23. The van der Waals surface area contributed by atoms with Crippen LogP contribution >= 0.6 is 0 Å². The van der Waals surface area contributed by atoms with E-state index in [1.54, 1.807) is 11.9 Å². The van der Waals surface area contributed by atoms with Gasteiger partial charge in [0.15, 0.2) is 0 Å². The Morgan fingerprint density at radius 1 is 1.62 bits per heavy atom. The Hall–Kier alpha value is -1.39. The normalized spacial score (nSPS) is 17.2. The number of nitrogens with zero attached hydrogens (tertiary/aromatic N) is 3. The Morgan fingerprint density at radius 3 is 2.88 bits per heavy atom. The minimum atomic E-state index is -0.0995. The second kappa shape index (κ2) is 4.23. The van der Waals surface area contributed by atoms with Crippen molar-refractivity contribution in [3.05, 3.63) is 11.6 Å². The van der Waals surface area contributed by atoms with Gasteiger partial charge in [-0.15, -0.1) is 5.10 Å². The van der Waals surface area contributed by atoms with E-state index in [0.29, 0.717) is 11.7 Å². The van der Waals surface area contributed by atoms with Crippen molar-refractivity contribution >= 4 is 5.91 Å². The van der Waals surface area contributed by atoms with Crippen LogP contribution in [0.1, 0.15) is 55.5 Å². The molecule has 16 heavy (non-hydrogen) atoms. The van der Waals surface area contributed by atoms with Crippen LogP contribution in [0, 0.1) is 0 Å². The first-order chi connectivity index (χ1) is 7.63. The molecule has 1 aromatic rings. The molecular formula is C11H18N4O. The SMILES string of the molecule is CCC(C)N(C)C(=O)c1n[nH]c(C2CC2)n1. The van der Waals surface area contributed by atoms with Crippen molar-refractivity contribution in [3.8, 4) is 0 Å². The van der Waals surface area contributed by atoms with Crippen LogP contribution < -0.4 is 0 Å². The number of hydrogen-bond donors (Lipinski definition) is 1. The molecule has 1 N–H and O–H groups in total. The topological polar surface area (TPSA) is 61.9 Å². The van der Waals surface area contributed by atoms with E-state index in [9.17, 15) is 4.79 Å². The highest BCUT2D eigenvalue weighted by atomic mass is 16.2. The zero-order chi connectivity index (χ0) is 11.7. The van der Waals surface area contributed by atoms with Crippen LogP contribution in [0.5, 0.6) is 0 Å². The molecule has 88 valence electrons. The van der Waals surface area contributed by atoms with E-state index in [-0.39, 0.29) is 11.9 Å². The molecule has 1 aliphatic rings. The minimum Gasteiger partial charge on any atom is -0.336 e. The standard InChI is InChI=1S/C11H18N4O/c1-4-7(2)15(3)11(16)10-12-9(13-14-10)8-5-6-8/h7-8H,4-6H2,1-3H3,(H,12,13,14). The molecule has 0 aliphatic heterocycles. The van der Waals surface area contributed by atoms with E-state index in [1.165, 1.54) is 0 Å². The Balaban J connectivity index is 2.07. The van der Waals surface area contributed by atoms with Gasteiger partial charge >= 0.3 is 0 Å². The second-order valence-corrected chi connectivity index (χ2v) is 4.49. The monoisotopic (exact) mass is 222 g/mol. The molecule has 1 unspecified atom stereocenters. The van der Waals surface area contributed by atoms with Gasteiger partial charge in [0.25, 0.3) is 5.91 Å². The van der Waals surface area contributed by atoms with Gasteiger partial charge in [-0.25, -0.2) is 4.98 Å². The van der Waals surface area contributed by atoms with E-state index in [0.717, 1.165) is 25.1 Å². The van der Waals surface area contributed by atoms with Crippen molar-refractivity contribution in [2.24, 2.45) is 0 Å². The maximum atomic E-state index is 12.0. The summed E-state index contributed by atoms with van der Waals surface area (Å²) in [6, 6.07) is 0.218. The van der Waals surface area contributed by atoms with Gasteiger partial charge in [0.2, 0.25) is 5.82 Å². The van der Waals surface area contributed by atoms with Crippen LogP contribution in [0.2, 0.25) is 0 Å². The lowest BCUT2D eigenvalue weighted by Gasteiger charge is -2.22. The highest BCUT2D eigenvalue weighted by Gasteiger charge is 2.29. The summed E-state index contributed by atoms with van der Waals surface area (Å²) in [6.07, 6.45) is 3.25. The molecule has 1 atom stereocenters. The van der Waals surface area contributed by atoms with Crippen LogP contribution in [0.15, 0.2) is 0 Å². The number of hydrogen-bond acceptors (Lipinski definition) is 3. The van der Waals surface area contributed by atoms with Crippen molar-refractivity contribution in [1.29, 1.82) is 0 Å². The number of rotatable bonds is 4. The van der Waals surface area contributed by atoms with Gasteiger partial charge < -0.3 is 4.90 Å². The maximum absolute atomic E-state index is 12.0. The van der Waals surface area contributed by atoms with Crippen molar-refractivity contribution in [3.63, 3.8) is 0 Å². The highest BCUT2D eigenvalue weighted by molar-refractivity contribution is 5.90. The molecule has 0 aromatic carbocycles. The molecule has 5 heteroatoms. The molecule has 1 fully saturated rings. The molecule has 5 nitrogen and oxygen atoms in total. The highest BCUT2D eigenvalue weighted by Crippen LogP contribution is 2.37. The molecule has 1 amide bonds. The van der Waals surface area contributed by atoms with Crippen LogP contribution in [-0.2, 0) is 0 Å². The summed E-state index contributed by atoms with van der Waals surface area (Å²) >= 11 is 0. The number of aromatic amines is 1. The van der Waals surface area contributed by atoms with Crippen LogP contribution in [0.4, 0.5) is 0 Å². The van der Waals surface area contributed by atoms with E-state index in [4.69, 9.17) is 0 Å². The minimum absolute atomic E-state index is 0.0995. The molecule has 1 aliphatic carbocycles. The molecule has 0 radical (unpaired) electrons. The van der Waals surface area contributed by atoms with Crippen molar-refractivity contribution in [2.75, 3.05) is 7.05 Å². The quantitative estimate of drug-likeness (QED) is 0.840. The largest absolute Gasteiger partial charge is 0.336 e. The van der Waals surface area contributed by atoms with Gasteiger partial charge in [-0.1, -0.05) is 6.92 Å². The third kappa shape index (κ3) is 2.08. The smallest absolute Gasteiger partial charge is 0.293 e. The lowest BCUT2D eigenvalue weighted by molar-refractivity contribution is 0.0728. The van der Waals surface area contributed by atoms with E-state index >= 15 is 0 Å². The van der Waals surface area contributed by atoms with Crippen LogP contribution in [0.3, 0.4) is 0 Å². The molecule has 0 spiro atoms. The summed E-state index contributed by atoms with van der Waals surface area (Å²) in [5.74, 6) is 1.56. The summed E-state index contributed by atoms with van der Waals surface area (Å²) < 4.78 is 0. The van der Waals surface area contributed by atoms with E-state index in [1.807, 2.05) is 6.92 Å². The number of H-pyrrole nitrogens is 1. The first-order valence-corrected chi connectivity index (χ1v) is 5.83. The average molecular weight is 222 g/mol. The fraction of sp³-hybridized carbons (Fsp3) is 0.727. The molecule has 0 saturated heterocycles. The number of carbonyl (C=O) groups excluding carboxylic acids is 1. The number of aromatic nitrogens is 3. The predicted molar refractivity (Wildman–Crippen MR) is 60.2 cm³/mol. The summed E-state index contributed by atoms with van der Waals surface area (Å²) in [7, 11) is 1.80. The fourth-order valence-electron chi connectivity index (χ4n) is 1.54. The number of carbonyl (C=O) groups is 1. The molecular weight excluding hydrogens is 204 g/mol. The summed E-state index contributed by atoms with van der Waals surface area (Å²) in [5.41, 5.74) is 0. The van der Waals surface area contributed by atoms with Gasteiger partial charge in [-0.3, -0.25) is 9.89 Å². The van der Waals surface area contributed by atoms with Crippen LogP contribution in [-0.4, -0.2) is 39.1 Å². The van der Waals surface area contributed by atoms with Gasteiger partial charge in [0.1, 0.15) is 5.82 Å². The fourth-order valence-corrected chi connectivity index (χ4v) is 1.54. The Kier molecular flexibility index (Phi) is 2.94. The van der Waals surface area contributed by atoms with Crippen molar-refractivity contribution in [1.82, 2.24) is 20.1 Å². The lowest BCUT2D eigenvalue weighted by Crippen LogP contribution is -2.35. The molecule has 2 rings (SSSR count). The van der Waals surface area contributed by atoms with Gasteiger partial charge in [-0.2, -0.15) is 0 Å². The van der Waals surface area contributed by atoms with Gasteiger partial charge in [0.05, 0.1) is 0 Å². The summed E-state index contributed by atoms with van der Waals surface area (Å²) in [5, 5.41) is 6.84. The van der Waals surface area contributed by atoms with E-state index in [2.05, 4.69) is 22.1 Å². The Morgan fingerprint density at radius 2 is 2.31 bits per heavy atom. The zero-order valence-corrected chi connectivity index (χ0v) is 10.0. The number of amides is 1. The van der Waals surface area contributed by atoms with Gasteiger partial charge in [-0.05, 0) is 26.2 Å². The Labute approximate surface area is 95.2 Å². The summed E-state index contributed by atoms with van der Waals surface area (Å²) in [6.45, 7) is 4.08. The van der Waals surface area contributed by atoms with E-state index < -0.39 is 0 Å². The number of nitrogens with one attached hydrogen (secondary N) is 1. The molecule has 0 bridgehead atoms. The average Bonchev–Trinajstić information content (AvgIpc) is 3.04. The first kappa shape index (κ1) is 11.1. The maximum Gasteiger partial charge on any atom is 0.293 e. The zero-order valence-electron chi connectivity index (χ0n) is 10.0. The Bertz CT molecular complexity index is 383. The second-order valence-electron chi connectivity index (χ2n) is 4.49. The summed E-state index contributed by atoms with van der Waals surface area (Å²) in [4.78, 5) is 17.9. The van der Waals surface area contributed by atoms with Crippen LogP contribution in [0.25, 0.3) is 0 Å². The molecule has 1 heterocycles. The van der Waals surface area contributed by atoms with Crippen molar-refractivity contribution in [2.45, 2.75) is 45.1 Å². The lowest BCUT2D eigenvalue weighted by atomic mass is 10.2. The molecule has 1 saturated carbocycles.